The molecule has 1 rings (SSSR count). The lowest BCUT2D eigenvalue weighted by Crippen LogP contribution is -2.29. The van der Waals surface area contributed by atoms with Crippen molar-refractivity contribution in [3.63, 3.8) is 0 Å². The Balaban J connectivity index is 2.62. The molecule has 0 aliphatic carbocycles. The molecule has 0 aliphatic heterocycles. The summed E-state index contributed by atoms with van der Waals surface area (Å²) in [7, 11) is -1.95. The van der Waals surface area contributed by atoms with Gasteiger partial charge in [-0.2, -0.15) is 0 Å². The summed E-state index contributed by atoms with van der Waals surface area (Å²) in [5, 5.41) is 2.90. The second kappa shape index (κ2) is 7.20. The molecule has 0 aliphatic rings. The molecule has 0 fully saturated rings. The lowest BCUT2D eigenvalue weighted by atomic mass is 10.2. The van der Waals surface area contributed by atoms with Crippen LogP contribution in [-0.4, -0.2) is 45.3 Å². The van der Waals surface area contributed by atoms with Crippen molar-refractivity contribution in [2.45, 2.75) is 13.8 Å². The van der Waals surface area contributed by atoms with Crippen molar-refractivity contribution in [3.8, 4) is 0 Å². The van der Waals surface area contributed by atoms with Crippen molar-refractivity contribution in [1.82, 2.24) is 9.71 Å². The van der Waals surface area contributed by atoms with Crippen LogP contribution in [0.1, 0.15) is 23.0 Å². The van der Waals surface area contributed by atoms with E-state index in [-0.39, 0.29) is 12.3 Å². The minimum Gasteiger partial charge on any atom is -0.465 e. The first-order chi connectivity index (χ1) is 9.39. The number of pyridine rings is 1. The average molecular weight is 301 g/mol. The van der Waals surface area contributed by atoms with Gasteiger partial charge in [-0.3, -0.25) is 0 Å². The van der Waals surface area contributed by atoms with E-state index in [0.29, 0.717) is 23.6 Å². The van der Waals surface area contributed by atoms with Crippen LogP contribution < -0.4 is 10.0 Å². The first-order valence-electron chi connectivity index (χ1n) is 6.16. The van der Waals surface area contributed by atoms with Gasteiger partial charge in [0.15, 0.2) is 0 Å². The van der Waals surface area contributed by atoms with E-state index in [1.165, 1.54) is 7.11 Å². The van der Waals surface area contributed by atoms with Crippen LogP contribution in [-0.2, 0) is 14.8 Å². The molecule has 2 N–H and O–H groups in total. The smallest absolute Gasteiger partial charge is 0.339 e. The van der Waals surface area contributed by atoms with Crippen LogP contribution >= 0.6 is 0 Å². The predicted molar refractivity (Wildman–Crippen MR) is 76.3 cm³/mol. The Morgan fingerprint density at radius 3 is 2.65 bits per heavy atom. The van der Waals surface area contributed by atoms with Crippen molar-refractivity contribution >= 4 is 21.8 Å². The van der Waals surface area contributed by atoms with Crippen molar-refractivity contribution in [1.29, 1.82) is 0 Å². The van der Waals surface area contributed by atoms with Crippen molar-refractivity contribution in [3.05, 3.63) is 23.4 Å². The van der Waals surface area contributed by atoms with E-state index in [9.17, 15) is 13.2 Å². The maximum Gasteiger partial charge on any atom is 0.339 e. The summed E-state index contributed by atoms with van der Waals surface area (Å²) in [6.07, 6.45) is 0. The molecule has 7 nitrogen and oxygen atoms in total. The van der Waals surface area contributed by atoms with Gasteiger partial charge in [-0.05, 0) is 19.1 Å². The van der Waals surface area contributed by atoms with Gasteiger partial charge in [-0.15, -0.1) is 0 Å². The molecule has 0 spiro atoms. The monoisotopic (exact) mass is 301 g/mol. The van der Waals surface area contributed by atoms with E-state index in [1.807, 2.05) is 0 Å². The lowest BCUT2D eigenvalue weighted by molar-refractivity contribution is 0.0599. The third kappa shape index (κ3) is 4.78. The van der Waals surface area contributed by atoms with Gasteiger partial charge in [0.05, 0.1) is 24.1 Å². The van der Waals surface area contributed by atoms with Crippen LogP contribution in [0.25, 0.3) is 0 Å². The van der Waals surface area contributed by atoms with Gasteiger partial charge < -0.3 is 10.1 Å². The van der Waals surface area contributed by atoms with Crippen molar-refractivity contribution in [2.75, 3.05) is 31.3 Å². The van der Waals surface area contributed by atoms with Crippen molar-refractivity contribution < 1.29 is 17.9 Å². The van der Waals surface area contributed by atoms with Crippen LogP contribution in [0.2, 0.25) is 0 Å². The standard InChI is InChI=1S/C12H19N3O4S/c1-4-14-20(17,18)8-7-13-11-6-5-10(9(2)15-11)12(16)19-3/h5-6,14H,4,7-8H2,1-3H3,(H,13,15). The Labute approximate surface area is 118 Å². The summed E-state index contributed by atoms with van der Waals surface area (Å²) in [4.78, 5) is 15.6. The number of esters is 1. The number of sulfonamides is 1. The third-order valence-electron chi connectivity index (χ3n) is 2.53. The summed E-state index contributed by atoms with van der Waals surface area (Å²) in [6, 6.07) is 3.20. The Hall–Kier alpha value is -1.67. The number of methoxy groups -OCH3 is 1. The highest BCUT2D eigenvalue weighted by atomic mass is 32.2. The molecule has 1 heterocycles. The number of aryl methyl sites for hydroxylation is 1. The zero-order valence-electron chi connectivity index (χ0n) is 11.8. The zero-order valence-corrected chi connectivity index (χ0v) is 12.6. The van der Waals surface area contributed by atoms with Gasteiger partial charge >= 0.3 is 5.97 Å². The molecule has 1 aromatic heterocycles. The highest BCUT2D eigenvalue weighted by Crippen LogP contribution is 2.11. The molecular formula is C12H19N3O4S. The molecule has 0 bridgehead atoms. The predicted octanol–water partition coefficient (Wildman–Crippen LogP) is 0.528. The van der Waals surface area contributed by atoms with Crippen LogP contribution in [0, 0.1) is 6.92 Å². The number of ether oxygens (including phenoxy) is 1. The number of carbonyl (C=O) groups is 1. The van der Waals surface area contributed by atoms with Crippen LogP contribution in [0.3, 0.4) is 0 Å². The van der Waals surface area contributed by atoms with Gasteiger partial charge in [0, 0.05) is 13.1 Å². The fourth-order valence-corrected chi connectivity index (χ4v) is 2.55. The molecule has 0 radical (unpaired) electrons. The summed E-state index contributed by atoms with van der Waals surface area (Å²) in [5.74, 6) is 0.0264. The summed E-state index contributed by atoms with van der Waals surface area (Å²) >= 11 is 0. The van der Waals surface area contributed by atoms with E-state index in [2.05, 4.69) is 19.8 Å². The minimum atomic E-state index is -3.25. The number of aromatic nitrogens is 1. The number of nitrogens with zero attached hydrogens (tertiary/aromatic N) is 1. The molecule has 8 heteroatoms. The van der Waals surface area contributed by atoms with E-state index >= 15 is 0 Å². The Kier molecular flexibility index (Phi) is 5.90. The lowest BCUT2D eigenvalue weighted by Gasteiger charge is -2.09. The van der Waals surface area contributed by atoms with E-state index in [4.69, 9.17) is 0 Å². The van der Waals surface area contributed by atoms with E-state index in [0.717, 1.165) is 0 Å². The van der Waals surface area contributed by atoms with Crippen molar-refractivity contribution in [2.24, 2.45) is 0 Å². The van der Waals surface area contributed by atoms with E-state index in [1.54, 1.807) is 26.0 Å². The minimum absolute atomic E-state index is 0.0413. The first kappa shape index (κ1) is 16.4. The second-order valence-corrected chi connectivity index (χ2v) is 5.99. The van der Waals surface area contributed by atoms with Crippen LogP contribution in [0.15, 0.2) is 12.1 Å². The fourth-order valence-electron chi connectivity index (χ4n) is 1.59. The van der Waals surface area contributed by atoms with Gasteiger partial charge in [-0.25, -0.2) is 22.9 Å². The Bertz CT molecular complexity index is 572. The number of rotatable bonds is 7. The number of hydrogen-bond donors (Lipinski definition) is 2. The molecular weight excluding hydrogens is 282 g/mol. The van der Waals surface area contributed by atoms with Crippen LogP contribution in [0.4, 0.5) is 5.82 Å². The normalized spacial score (nSPS) is 11.2. The van der Waals surface area contributed by atoms with Gasteiger partial charge in [0.25, 0.3) is 0 Å². The second-order valence-electron chi connectivity index (χ2n) is 4.06. The molecule has 0 saturated heterocycles. The molecule has 0 amide bonds. The van der Waals surface area contributed by atoms with Gasteiger partial charge in [0.2, 0.25) is 10.0 Å². The number of hydrogen-bond acceptors (Lipinski definition) is 6. The largest absolute Gasteiger partial charge is 0.465 e. The summed E-state index contributed by atoms with van der Waals surface area (Å²) in [5.41, 5.74) is 0.912. The van der Waals surface area contributed by atoms with Crippen LogP contribution in [0.5, 0.6) is 0 Å². The summed E-state index contributed by atoms with van der Waals surface area (Å²) < 4.78 is 29.9. The average Bonchev–Trinajstić information content (AvgIpc) is 2.37. The molecule has 112 valence electrons. The van der Waals surface area contributed by atoms with E-state index < -0.39 is 16.0 Å². The highest BCUT2D eigenvalue weighted by molar-refractivity contribution is 7.89. The maximum atomic E-state index is 11.4. The first-order valence-corrected chi connectivity index (χ1v) is 7.82. The molecule has 1 aromatic rings. The number of carbonyl (C=O) groups excluding carboxylic acids is 1. The summed E-state index contributed by atoms with van der Waals surface area (Å²) in [6.45, 7) is 4.01. The number of nitrogens with one attached hydrogen (secondary N) is 2. The fraction of sp³-hybridized carbons (Fsp3) is 0.500. The highest BCUT2D eigenvalue weighted by Gasteiger charge is 2.11. The molecule has 0 saturated carbocycles. The number of anilines is 1. The molecule has 0 atom stereocenters. The topological polar surface area (TPSA) is 97.4 Å². The Morgan fingerprint density at radius 1 is 1.40 bits per heavy atom. The van der Waals surface area contributed by atoms with Gasteiger partial charge in [0.1, 0.15) is 5.82 Å². The third-order valence-corrected chi connectivity index (χ3v) is 4.00. The SMILES string of the molecule is CCNS(=O)(=O)CCNc1ccc(C(=O)OC)c(C)n1. The Morgan fingerprint density at radius 2 is 2.10 bits per heavy atom. The van der Waals surface area contributed by atoms with Gasteiger partial charge in [-0.1, -0.05) is 6.92 Å². The molecule has 0 aromatic carbocycles. The quantitative estimate of drug-likeness (QED) is 0.713. The molecule has 20 heavy (non-hydrogen) atoms. The zero-order chi connectivity index (χ0) is 15.2. The maximum absolute atomic E-state index is 11.4. The molecule has 0 unspecified atom stereocenters.